The van der Waals surface area contributed by atoms with Crippen LogP contribution in [0.4, 0.5) is 0 Å². The molecule has 3 amide bonds. The van der Waals surface area contributed by atoms with E-state index in [4.69, 9.17) is 10.5 Å². The summed E-state index contributed by atoms with van der Waals surface area (Å²) < 4.78 is 5.72. The van der Waals surface area contributed by atoms with Crippen molar-refractivity contribution < 1.29 is 24.3 Å². The zero-order valence-corrected chi connectivity index (χ0v) is 23.4. The molecule has 0 bridgehead atoms. The molecule has 4 N–H and O–H groups in total. The minimum Gasteiger partial charge on any atom is -0.374 e. The second-order valence-corrected chi connectivity index (χ2v) is 11.1. The zero-order valence-electron chi connectivity index (χ0n) is 23.4. The highest BCUT2D eigenvalue weighted by atomic mass is 16.5. The third-order valence-electron chi connectivity index (χ3n) is 5.43. The molecule has 1 rings (SSSR count). The van der Waals surface area contributed by atoms with Crippen LogP contribution in [0.15, 0.2) is 36.4 Å². The van der Waals surface area contributed by atoms with Crippen LogP contribution in [0, 0.1) is 11.8 Å². The Kier molecular flexibility index (Phi) is 13.5. The Morgan fingerprint density at radius 3 is 2.22 bits per heavy atom. The number of hydrogen-bond donors (Lipinski definition) is 3. The molecule has 1 aromatic carbocycles. The van der Waals surface area contributed by atoms with Gasteiger partial charge in [-0.2, -0.15) is 0 Å². The molecule has 0 heterocycles. The van der Waals surface area contributed by atoms with E-state index in [2.05, 4.69) is 0 Å². The molecule has 0 radical (unpaired) electrons. The number of nitrogens with two attached hydrogens (primary N) is 1. The molecule has 0 saturated heterocycles. The summed E-state index contributed by atoms with van der Waals surface area (Å²) in [7, 11) is 0. The fraction of sp³-hybridized carbons (Fsp3) is 0.607. The number of ether oxygens (including phenoxy) is 1. The third-order valence-corrected chi connectivity index (χ3v) is 5.43. The molecule has 1 aromatic rings. The lowest BCUT2D eigenvalue weighted by Gasteiger charge is -2.41. The lowest BCUT2D eigenvalue weighted by Crippen LogP contribution is -2.62. The minimum absolute atomic E-state index is 0.0298. The van der Waals surface area contributed by atoms with E-state index < -0.39 is 35.4 Å². The summed E-state index contributed by atoms with van der Waals surface area (Å²) >= 11 is 0. The first-order valence-electron chi connectivity index (χ1n) is 12.9. The molecule has 208 valence electrons. The van der Waals surface area contributed by atoms with Crippen molar-refractivity contribution >= 4 is 23.8 Å². The maximum atomic E-state index is 13.6. The summed E-state index contributed by atoms with van der Waals surface area (Å²) in [4.78, 5) is 40.1. The highest BCUT2D eigenvalue weighted by molar-refractivity contribution is 5.90. The highest BCUT2D eigenvalue weighted by Crippen LogP contribution is 2.19. The summed E-state index contributed by atoms with van der Waals surface area (Å²) in [5.41, 5.74) is 8.31. The van der Waals surface area contributed by atoms with E-state index in [0.717, 1.165) is 5.56 Å². The molecule has 0 spiro atoms. The monoisotopic (exact) mass is 518 g/mol. The fourth-order valence-corrected chi connectivity index (χ4v) is 3.53. The Morgan fingerprint density at radius 2 is 1.70 bits per heavy atom. The van der Waals surface area contributed by atoms with Gasteiger partial charge in [-0.3, -0.25) is 19.6 Å². The van der Waals surface area contributed by atoms with Crippen molar-refractivity contribution in [2.24, 2.45) is 17.6 Å². The van der Waals surface area contributed by atoms with Gasteiger partial charge >= 0.3 is 0 Å². The number of rotatable bonds is 13. The van der Waals surface area contributed by atoms with Gasteiger partial charge in [-0.15, -0.1) is 0 Å². The van der Waals surface area contributed by atoms with E-state index in [1.807, 2.05) is 84.9 Å². The van der Waals surface area contributed by atoms with Crippen LogP contribution in [-0.4, -0.2) is 63.8 Å². The second-order valence-electron chi connectivity index (χ2n) is 11.1. The topological polar surface area (TPSA) is 125 Å². The number of hydrogen-bond acceptors (Lipinski definition) is 6. The third kappa shape index (κ3) is 11.9. The quantitative estimate of drug-likeness (QED) is 0.270. The molecule has 37 heavy (non-hydrogen) atoms. The number of nitrogens with zero attached hydrogens (tertiary/aromatic N) is 2. The van der Waals surface area contributed by atoms with Crippen molar-refractivity contribution in [3.63, 3.8) is 0 Å². The smallest absolute Gasteiger partial charge is 0.268 e. The van der Waals surface area contributed by atoms with E-state index >= 15 is 0 Å². The molecular weight excluding hydrogens is 472 g/mol. The number of hydrazine groups is 1. The Balaban J connectivity index is 3.43. The Morgan fingerprint density at radius 1 is 1.08 bits per heavy atom. The van der Waals surface area contributed by atoms with Gasteiger partial charge in [0.15, 0.2) is 0 Å². The van der Waals surface area contributed by atoms with E-state index in [9.17, 15) is 19.6 Å². The summed E-state index contributed by atoms with van der Waals surface area (Å²) in [5, 5.41) is 12.0. The predicted octanol–water partition coefficient (Wildman–Crippen LogP) is 3.77. The normalized spacial score (nSPS) is 13.6. The van der Waals surface area contributed by atoms with E-state index in [1.54, 1.807) is 11.6 Å². The van der Waals surface area contributed by atoms with Gasteiger partial charge < -0.3 is 10.5 Å². The van der Waals surface area contributed by atoms with Crippen LogP contribution in [0.2, 0.25) is 0 Å². The zero-order chi connectivity index (χ0) is 28.2. The number of carbonyl (C=O) groups is 3. The first-order chi connectivity index (χ1) is 17.3. The van der Waals surface area contributed by atoms with Gasteiger partial charge in [0.1, 0.15) is 12.1 Å². The molecule has 9 nitrogen and oxygen atoms in total. The number of amides is 3. The molecule has 0 saturated carbocycles. The van der Waals surface area contributed by atoms with Crippen molar-refractivity contribution in [1.82, 2.24) is 15.5 Å². The fourth-order valence-electron chi connectivity index (χ4n) is 3.53. The molecule has 0 aliphatic carbocycles. The molecule has 0 aliphatic heterocycles. The Hall–Kier alpha value is -2.75. The molecule has 0 fully saturated rings. The average Bonchev–Trinajstić information content (AvgIpc) is 2.83. The predicted molar refractivity (Wildman–Crippen MR) is 145 cm³/mol. The average molecular weight is 519 g/mol. The minimum atomic E-state index is -1.16. The molecule has 0 unspecified atom stereocenters. The second kappa shape index (κ2) is 15.5. The van der Waals surface area contributed by atoms with E-state index in [1.165, 1.54) is 10.0 Å². The molecular formula is C28H46N4O5. The van der Waals surface area contributed by atoms with Gasteiger partial charge in [0.2, 0.25) is 5.91 Å². The summed E-state index contributed by atoms with van der Waals surface area (Å²) in [6.07, 6.45) is 4.35. The van der Waals surface area contributed by atoms with Gasteiger partial charge in [-0.05, 0) is 51.0 Å². The largest absolute Gasteiger partial charge is 0.374 e. The van der Waals surface area contributed by atoms with Gasteiger partial charge in [0, 0.05) is 13.0 Å². The van der Waals surface area contributed by atoms with Crippen LogP contribution in [0.25, 0.3) is 6.08 Å². The van der Waals surface area contributed by atoms with Crippen molar-refractivity contribution in [1.29, 1.82) is 0 Å². The number of carbonyl (C=O) groups excluding carboxylic acids is 3. The van der Waals surface area contributed by atoms with E-state index in [0.29, 0.717) is 6.42 Å². The van der Waals surface area contributed by atoms with Crippen LogP contribution in [0.3, 0.4) is 0 Å². The van der Waals surface area contributed by atoms with Crippen LogP contribution >= 0.6 is 0 Å². The highest BCUT2D eigenvalue weighted by Gasteiger charge is 2.38. The number of hydroxylamine groups is 1. The standard InChI is InChI=1S/C28H46N4O5/c1-20(2)16-17-25(33)32(24(26(34)30-36)15-11-14-22-12-9-8-10-13-22)31(18-21(3)4)27(35)23(29)19-37-28(5,6)7/h8-14,20-21,23-24,36H,15-19,29H2,1-7H3,(H,30,34)/t23-,24+/m1/s1. The van der Waals surface area contributed by atoms with Crippen LogP contribution in [0.1, 0.15) is 73.3 Å². The van der Waals surface area contributed by atoms with Crippen molar-refractivity contribution in [2.75, 3.05) is 13.2 Å². The first kappa shape index (κ1) is 32.3. The maximum Gasteiger partial charge on any atom is 0.268 e. The van der Waals surface area contributed by atoms with Gasteiger partial charge in [-0.1, -0.05) is 70.2 Å². The molecule has 0 aliphatic rings. The summed E-state index contributed by atoms with van der Waals surface area (Å²) in [5.74, 6) is -1.51. The van der Waals surface area contributed by atoms with Gasteiger partial charge in [-0.25, -0.2) is 15.5 Å². The first-order valence-corrected chi connectivity index (χ1v) is 12.9. The lowest BCUT2D eigenvalue weighted by molar-refractivity contribution is -0.177. The van der Waals surface area contributed by atoms with Crippen molar-refractivity contribution in [3.8, 4) is 0 Å². The SMILES string of the molecule is CC(C)CCC(=O)N([C@@H](CC=Cc1ccccc1)C(=O)NO)N(CC(C)C)C(=O)[C@H](N)COC(C)(C)C. The van der Waals surface area contributed by atoms with Crippen LogP contribution in [-0.2, 0) is 19.1 Å². The molecule has 9 heteroatoms. The number of benzene rings is 1. The molecule has 0 aromatic heterocycles. The Labute approximate surface area is 221 Å². The van der Waals surface area contributed by atoms with E-state index in [-0.39, 0.29) is 37.8 Å². The maximum absolute atomic E-state index is 13.6. The van der Waals surface area contributed by atoms with Crippen molar-refractivity contribution in [2.45, 2.75) is 85.4 Å². The van der Waals surface area contributed by atoms with Gasteiger partial charge in [0.05, 0.1) is 12.2 Å². The van der Waals surface area contributed by atoms with Gasteiger partial charge in [0.25, 0.3) is 11.8 Å². The Bertz CT molecular complexity index is 880. The molecule has 2 atom stereocenters. The lowest BCUT2D eigenvalue weighted by atomic mass is 10.1. The summed E-state index contributed by atoms with van der Waals surface area (Å²) in [6.45, 7) is 13.5. The number of nitrogens with one attached hydrogen (secondary N) is 1. The summed E-state index contributed by atoms with van der Waals surface area (Å²) in [6, 6.07) is 7.29. The van der Waals surface area contributed by atoms with Crippen LogP contribution < -0.4 is 11.2 Å². The van der Waals surface area contributed by atoms with Crippen molar-refractivity contribution in [3.05, 3.63) is 42.0 Å². The van der Waals surface area contributed by atoms with Crippen LogP contribution in [0.5, 0.6) is 0 Å².